The van der Waals surface area contributed by atoms with Crippen LogP contribution in [-0.4, -0.2) is 28.9 Å². The highest BCUT2D eigenvalue weighted by molar-refractivity contribution is 6.37. The molecule has 1 aliphatic heterocycles. The van der Waals surface area contributed by atoms with Crippen LogP contribution < -0.4 is 4.74 Å². The molecule has 4 nitrogen and oxygen atoms in total. The van der Waals surface area contributed by atoms with Crippen molar-refractivity contribution in [2.24, 2.45) is 11.8 Å². The number of carbonyl (C=O) groups is 1. The van der Waals surface area contributed by atoms with E-state index in [9.17, 15) is 9.90 Å². The molecule has 3 rings (SSSR count). The number of hydrogen-bond acceptors (Lipinski definition) is 4. The summed E-state index contributed by atoms with van der Waals surface area (Å²) in [6, 6.07) is 6.82. The molecule has 0 fully saturated rings. The summed E-state index contributed by atoms with van der Waals surface area (Å²) in [7, 11) is 0. The summed E-state index contributed by atoms with van der Waals surface area (Å²) in [6.07, 6.45) is 1.58. The number of aromatic hydroxyl groups is 1. The maximum atomic E-state index is 13.2. The molecule has 0 unspecified atom stereocenters. The van der Waals surface area contributed by atoms with Gasteiger partial charge in [-0.1, -0.05) is 57.0 Å². The monoisotopic (exact) mass is 461 g/mol. The number of carbonyl (C=O) groups excluding carboxylic acids is 1. The Balaban J connectivity index is 2.03. The summed E-state index contributed by atoms with van der Waals surface area (Å²) in [5, 5.41) is 11.6. The van der Waals surface area contributed by atoms with Crippen LogP contribution in [-0.2, 0) is 6.54 Å². The molecule has 0 atom stereocenters. The highest BCUT2D eigenvalue weighted by atomic mass is 35.5. The van der Waals surface area contributed by atoms with E-state index in [1.807, 2.05) is 0 Å². The van der Waals surface area contributed by atoms with Gasteiger partial charge < -0.3 is 9.84 Å². The number of halogens is 2. The zero-order chi connectivity index (χ0) is 22.9. The van der Waals surface area contributed by atoms with E-state index in [1.54, 1.807) is 37.3 Å². The molecular formula is C25H29Cl2NO3. The number of allylic oxidation sites excluding steroid dienone is 1. The van der Waals surface area contributed by atoms with Crippen molar-refractivity contribution in [3.63, 3.8) is 0 Å². The number of phenolic OH excluding ortho intramolecular Hbond substituents is 1. The Labute approximate surface area is 194 Å². The molecule has 0 bridgehead atoms. The standard InChI is InChI=1S/C25H29Cl2NO3/c1-14(2)11-28(12-15(3)4)13-18-21(29)9-16(5)23-24(30)22(31-25(18)23)10-17-19(26)7-6-8-20(17)27/h6-10,14-15,29H,11-13H2,1-5H3/b22-10+. The SMILES string of the molecule is Cc1cc(O)c(CN(CC(C)C)CC(C)C)c2c1C(=O)/C(=C\c1c(Cl)cccc1Cl)O2. The lowest BCUT2D eigenvalue weighted by Gasteiger charge is -2.27. The summed E-state index contributed by atoms with van der Waals surface area (Å²) in [5.74, 6) is 1.43. The number of aryl methyl sites for hydroxylation is 1. The van der Waals surface area contributed by atoms with Crippen LogP contribution in [0.15, 0.2) is 30.0 Å². The van der Waals surface area contributed by atoms with Crippen LogP contribution >= 0.6 is 23.2 Å². The second-order valence-electron chi connectivity index (χ2n) is 8.95. The van der Waals surface area contributed by atoms with Crippen molar-refractivity contribution < 1.29 is 14.6 Å². The number of ketones is 1. The second-order valence-corrected chi connectivity index (χ2v) is 9.77. The topological polar surface area (TPSA) is 49.8 Å². The quantitative estimate of drug-likeness (QED) is 0.463. The van der Waals surface area contributed by atoms with Crippen LogP contribution in [0.1, 0.15) is 54.7 Å². The highest BCUT2D eigenvalue weighted by Crippen LogP contribution is 2.43. The molecule has 0 spiro atoms. The number of hydrogen-bond donors (Lipinski definition) is 1. The summed E-state index contributed by atoms with van der Waals surface area (Å²) in [5.41, 5.74) is 2.32. The average Bonchev–Trinajstić information content (AvgIpc) is 2.97. The van der Waals surface area contributed by atoms with Gasteiger partial charge in [0.15, 0.2) is 5.76 Å². The molecule has 2 aromatic rings. The number of benzene rings is 2. The minimum atomic E-state index is -0.232. The molecule has 0 saturated carbocycles. The summed E-state index contributed by atoms with van der Waals surface area (Å²) in [4.78, 5) is 15.5. The number of fused-ring (bicyclic) bond motifs is 1. The van der Waals surface area contributed by atoms with Gasteiger partial charge in [-0.15, -0.1) is 0 Å². The predicted molar refractivity (Wildman–Crippen MR) is 127 cm³/mol. The summed E-state index contributed by atoms with van der Waals surface area (Å²) < 4.78 is 6.04. The lowest BCUT2D eigenvalue weighted by atomic mass is 9.98. The van der Waals surface area contributed by atoms with Gasteiger partial charge >= 0.3 is 0 Å². The van der Waals surface area contributed by atoms with E-state index in [2.05, 4.69) is 32.6 Å². The van der Waals surface area contributed by atoms with Crippen molar-refractivity contribution >= 4 is 35.1 Å². The van der Waals surface area contributed by atoms with Crippen LogP contribution in [0.4, 0.5) is 0 Å². The summed E-state index contributed by atoms with van der Waals surface area (Å²) in [6.45, 7) is 12.7. The number of rotatable bonds is 7. The molecule has 0 aliphatic carbocycles. The van der Waals surface area contributed by atoms with Crippen LogP contribution in [0.2, 0.25) is 10.0 Å². The van der Waals surface area contributed by atoms with Gasteiger partial charge in [0, 0.05) is 35.2 Å². The molecule has 1 aliphatic rings. The number of phenols is 1. The van der Waals surface area contributed by atoms with Crippen molar-refractivity contribution in [2.45, 2.75) is 41.2 Å². The maximum Gasteiger partial charge on any atom is 0.232 e. The summed E-state index contributed by atoms with van der Waals surface area (Å²) >= 11 is 12.6. The lowest BCUT2D eigenvalue weighted by Crippen LogP contribution is -2.31. The van der Waals surface area contributed by atoms with Gasteiger partial charge in [0.2, 0.25) is 5.78 Å². The first-order valence-corrected chi connectivity index (χ1v) is 11.3. The number of ether oxygens (including phenoxy) is 1. The third-order valence-corrected chi connectivity index (χ3v) is 5.78. The first-order chi connectivity index (χ1) is 14.6. The van der Waals surface area contributed by atoms with E-state index in [-0.39, 0.29) is 17.3 Å². The van der Waals surface area contributed by atoms with Crippen molar-refractivity contribution in [2.75, 3.05) is 13.1 Å². The fourth-order valence-electron chi connectivity index (χ4n) is 3.97. The molecule has 0 amide bonds. The van der Waals surface area contributed by atoms with E-state index in [1.165, 1.54) is 0 Å². The molecule has 2 aromatic carbocycles. The van der Waals surface area contributed by atoms with Crippen LogP contribution in [0.5, 0.6) is 11.5 Å². The Bertz CT molecular complexity index is 998. The molecule has 1 N–H and O–H groups in total. The third-order valence-electron chi connectivity index (χ3n) is 5.12. The largest absolute Gasteiger partial charge is 0.507 e. The Morgan fingerprint density at radius 1 is 1.10 bits per heavy atom. The molecule has 0 aromatic heterocycles. The Hall–Kier alpha value is -2.01. The van der Waals surface area contributed by atoms with Crippen molar-refractivity contribution in [3.05, 3.63) is 62.3 Å². The van der Waals surface area contributed by atoms with E-state index in [0.29, 0.717) is 56.4 Å². The second kappa shape index (κ2) is 9.64. The zero-order valence-electron chi connectivity index (χ0n) is 18.6. The van der Waals surface area contributed by atoms with Crippen molar-refractivity contribution in [1.29, 1.82) is 0 Å². The smallest absolute Gasteiger partial charge is 0.232 e. The Morgan fingerprint density at radius 3 is 2.23 bits per heavy atom. The molecule has 0 radical (unpaired) electrons. The van der Waals surface area contributed by atoms with Crippen LogP contribution in [0, 0.1) is 18.8 Å². The molecule has 1 heterocycles. The van der Waals surface area contributed by atoms with Gasteiger partial charge in [-0.25, -0.2) is 0 Å². The molecule has 31 heavy (non-hydrogen) atoms. The fourth-order valence-corrected chi connectivity index (χ4v) is 4.48. The molecular weight excluding hydrogens is 433 g/mol. The Kier molecular flexibility index (Phi) is 7.35. The van der Waals surface area contributed by atoms with E-state index in [4.69, 9.17) is 27.9 Å². The predicted octanol–water partition coefficient (Wildman–Crippen LogP) is 6.74. The minimum Gasteiger partial charge on any atom is -0.507 e. The van der Waals surface area contributed by atoms with Gasteiger partial charge in [0.25, 0.3) is 0 Å². The molecule has 0 saturated heterocycles. The van der Waals surface area contributed by atoms with Gasteiger partial charge in [-0.3, -0.25) is 9.69 Å². The fraction of sp³-hybridized carbons (Fsp3) is 0.400. The normalized spacial score (nSPS) is 14.8. The van der Waals surface area contributed by atoms with Gasteiger partial charge in [-0.2, -0.15) is 0 Å². The lowest BCUT2D eigenvalue weighted by molar-refractivity contribution is 0.101. The van der Waals surface area contributed by atoms with Crippen LogP contribution in [0.3, 0.4) is 0 Å². The maximum absolute atomic E-state index is 13.2. The van der Waals surface area contributed by atoms with Crippen molar-refractivity contribution in [3.8, 4) is 11.5 Å². The average molecular weight is 462 g/mol. The molecule has 6 heteroatoms. The van der Waals surface area contributed by atoms with E-state index < -0.39 is 0 Å². The zero-order valence-corrected chi connectivity index (χ0v) is 20.1. The van der Waals surface area contributed by atoms with Crippen molar-refractivity contribution in [1.82, 2.24) is 4.90 Å². The van der Waals surface area contributed by atoms with Gasteiger partial charge in [0.1, 0.15) is 11.5 Å². The van der Waals surface area contributed by atoms with Crippen LogP contribution in [0.25, 0.3) is 6.08 Å². The number of Topliss-reactive ketones (excluding diaryl/α,β-unsaturated/α-hetero) is 1. The highest BCUT2D eigenvalue weighted by Gasteiger charge is 2.34. The van der Waals surface area contributed by atoms with E-state index >= 15 is 0 Å². The first kappa shape index (κ1) is 23.6. The minimum absolute atomic E-state index is 0.138. The third kappa shape index (κ3) is 5.25. The van der Waals surface area contributed by atoms with E-state index in [0.717, 1.165) is 13.1 Å². The number of nitrogens with zero attached hydrogens (tertiary/aromatic N) is 1. The van der Waals surface area contributed by atoms with Gasteiger partial charge in [0.05, 0.1) is 11.1 Å². The first-order valence-electron chi connectivity index (χ1n) is 10.5. The van der Waals surface area contributed by atoms with Gasteiger partial charge in [-0.05, 0) is 48.6 Å². The molecule has 166 valence electrons. The Morgan fingerprint density at radius 2 is 1.68 bits per heavy atom.